The van der Waals surface area contributed by atoms with Gasteiger partial charge in [0, 0.05) is 17.1 Å². The van der Waals surface area contributed by atoms with Crippen LogP contribution in [0.4, 0.5) is 11.4 Å². The van der Waals surface area contributed by atoms with Gasteiger partial charge in [-0.1, -0.05) is 30.3 Å². The topological polar surface area (TPSA) is 89.8 Å². The molecule has 31 heavy (non-hydrogen) atoms. The summed E-state index contributed by atoms with van der Waals surface area (Å²) in [5.74, 6) is 0.105. The minimum absolute atomic E-state index is 0.00716. The van der Waals surface area contributed by atoms with Crippen LogP contribution in [0, 0.1) is 0 Å². The second-order valence-corrected chi connectivity index (χ2v) is 6.64. The predicted octanol–water partition coefficient (Wildman–Crippen LogP) is 4.95. The number of fused-ring (bicyclic) bond motifs is 1. The molecule has 0 aliphatic heterocycles. The normalized spacial score (nSPS) is 10.5. The van der Waals surface area contributed by atoms with Crippen LogP contribution in [-0.2, 0) is 0 Å². The van der Waals surface area contributed by atoms with Gasteiger partial charge >= 0.3 is 0 Å². The van der Waals surface area contributed by atoms with Gasteiger partial charge in [0.2, 0.25) is 5.76 Å². The fraction of sp³-hybridized carbons (Fsp3) is 0.0833. The van der Waals surface area contributed by atoms with E-state index in [4.69, 9.17) is 13.9 Å². The molecule has 0 aliphatic rings. The van der Waals surface area contributed by atoms with Gasteiger partial charge in [0.25, 0.3) is 11.8 Å². The number of rotatable bonds is 6. The van der Waals surface area contributed by atoms with Crippen LogP contribution in [0.3, 0.4) is 0 Å². The summed E-state index contributed by atoms with van der Waals surface area (Å²) < 4.78 is 16.3. The molecule has 7 heteroatoms. The predicted molar refractivity (Wildman–Crippen MR) is 118 cm³/mol. The smallest absolute Gasteiger partial charge is 0.293 e. The monoisotopic (exact) mass is 416 g/mol. The summed E-state index contributed by atoms with van der Waals surface area (Å²) in [7, 11) is 3.04. The number of methoxy groups -OCH3 is 2. The van der Waals surface area contributed by atoms with Crippen molar-refractivity contribution in [3.05, 3.63) is 84.1 Å². The van der Waals surface area contributed by atoms with Gasteiger partial charge in [-0.25, -0.2) is 0 Å². The standard InChI is InChI=1S/C24H20N2O5/c1-29-16-9-7-8-15(14-16)25-24(28)22-21(17-10-3-6-13-20(17)31-22)26-23(27)18-11-4-5-12-19(18)30-2/h3-14H,1-2H3,(H,25,28)(H,26,27). The zero-order valence-electron chi connectivity index (χ0n) is 17.0. The van der Waals surface area contributed by atoms with Gasteiger partial charge in [-0.05, 0) is 36.4 Å². The van der Waals surface area contributed by atoms with Gasteiger partial charge in [0.1, 0.15) is 22.8 Å². The number of amides is 2. The van der Waals surface area contributed by atoms with Crippen molar-refractivity contribution in [1.29, 1.82) is 0 Å². The molecule has 2 amide bonds. The molecule has 4 aromatic rings. The Kier molecular flexibility index (Phi) is 5.57. The van der Waals surface area contributed by atoms with Crippen molar-refractivity contribution in [2.45, 2.75) is 0 Å². The summed E-state index contributed by atoms with van der Waals surface area (Å²) >= 11 is 0. The third-order valence-corrected chi connectivity index (χ3v) is 4.72. The van der Waals surface area contributed by atoms with Crippen LogP contribution in [0.2, 0.25) is 0 Å². The number of benzene rings is 3. The third kappa shape index (κ3) is 4.06. The van der Waals surface area contributed by atoms with Crippen molar-refractivity contribution < 1.29 is 23.5 Å². The van der Waals surface area contributed by atoms with Crippen LogP contribution in [0.5, 0.6) is 11.5 Å². The highest BCUT2D eigenvalue weighted by Gasteiger charge is 2.24. The molecular formula is C24H20N2O5. The Balaban J connectivity index is 1.70. The number of hydrogen-bond donors (Lipinski definition) is 2. The van der Waals surface area contributed by atoms with E-state index in [0.717, 1.165) is 0 Å². The van der Waals surface area contributed by atoms with E-state index in [1.807, 2.05) is 0 Å². The molecule has 4 rings (SSSR count). The quantitative estimate of drug-likeness (QED) is 0.464. The first-order valence-corrected chi connectivity index (χ1v) is 9.52. The number of ether oxygens (including phenoxy) is 2. The molecule has 7 nitrogen and oxygen atoms in total. The first-order valence-electron chi connectivity index (χ1n) is 9.52. The number of carbonyl (C=O) groups excluding carboxylic acids is 2. The van der Waals surface area contributed by atoms with Gasteiger partial charge in [0.15, 0.2) is 0 Å². The van der Waals surface area contributed by atoms with E-state index in [1.165, 1.54) is 7.11 Å². The van der Waals surface area contributed by atoms with Crippen LogP contribution in [0.15, 0.2) is 77.2 Å². The van der Waals surface area contributed by atoms with E-state index in [9.17, 15) is 9.59 Å². The molecular weight excluding hydrogens is 396 g/mol. The molecule has 2 N–H and O–H groups in total. The molecule has 1 aromatic heterocycles. The van der Waals surface area contributed by atoms with E-state index in [1.54, 1.807) is 79.9 Å². The Hall–Kier alpha value is -4.26. The van der Waals surface area contributed by atoms with E-state index < -0.39 is 11.8 Å². The summed E-state index contributed by atoms with van der Waals surface area (Å²) in [5.41, 5.74) is 1.64. The number of hydrogen-bond acceptors (Lipinski definition) is 5. The maximum atomic E-state index is 13.0. The molecule has 0 fully saturated rings. The Bertz CT molecular complexity index is 1260. The van der Waals surface area contributed by atoms with Crippen LogP contribution >= 0.6 is 0 Å². The second kappa shape index (κ2) is 8.62. The molecule has 0 unspecified atom stereocenters. The molecule has 0 atom stereocenters. The largest absolute Gasteiger partial charge is 0.497 e. The highest BCUT2D eigenvalue weighted by Crippen LogP contribution is 2.32. The summed E-state index contributed by atoms with van der Waals surface area (Å²) in [6, 6.07) is 20.9. The summed E-state index contributed by atoms with van der Waals surface area (Å²) in [5, 5.41) is 6.21. The van der Waals surface area contributed by atoms with Gasteiger partial charge in [0.05, 0.1) is 19.8 Å². The number of anilines is 2. The lowest BCUT2D eigenvalue weighted by Gasteiger charge is -2.10. The SMILES string of the molecule is COc1cccc(NC(=O)c2oc3ccccc3c2NC(=O)c2ccccc2OC)c1. The minimum Gasteiger partial charge on any atom is -0.497 e. The molecule has 1 heterocycles. The Morgan fingerprint density at radius 3 is 2.39 bits per heavy atom. The summed E-state index contributed by atoms with van der Waals surface area (Å²) in [4.78, 5) is 26.0. The Labute approximate surface area is 178 Å². The average molecular weight is 416 g/mol. The van der Waals surface area contributed by atoms with Gasteiger partial charge in [-0.15, -0.1) is 0 Å². The fourth-order valence-electron chi connectivity index (χ4n) is 3.23. The van der Waals surface area contributed by atoms with Crippen molar-refractivity contribution in [1.82, 2.24) is 0 Å². The zero-order chi connectivity index (χ0) is 21.8. The molecule has 0 saturated carbocycles. The minimum atomic E-state index is -0.500. The number of furan rings is 1. The van der Waals surface area contributed by atoms with Crippen molar-refractivity contribution in [2.24, 2.45) is 0 Å². The van der Waals surface area contributed by atoms with Crippen LogP contribution in [-0.4, -0.2) is 26.0 Å². The summed E-state index contributed by atoms with van der Waals surface area (Å²) in [6.45, 7) is 0. The zero-order valence-corrected chi connectivity index (χ0v) is 17.0. The Morgan fingerprint density at radius 1 is 0.806 bits per heavy atom. The van der Waals surface area contributed by atoms with Crippen LogP contribution in [0.1, 0.15) is 20.9 Å². The lowest BCUT2D eigenvalue weighted by molar-refractivity contribution is 0.0999. The van der Waals surface area contributed by atoms with Gasteiger partial charge < -0.3 is 24.5 Å². The molecule has 0 bridgehead atoms. The van der Waals surface area contributed by atoms with E-state index in [0.29, 0.717) is 33.7 Å². The lowest BCUT2D eigenvalue weighted by Crippen LogP contribution is -2.17. The molecule has 0 aliphatic carbocycles. The first kappa shape index (κ1) is 20.0. The third-order valence-electron chi connectivity index (χ3n) is 4.72. The van der Waals surface area contributed by atoms with E-state index >= 15 is 0 Å². The number of nitrogens with one attached hydrogen (secondary N) is 2. The van der Waals surface area contributed by atoms with Gasteiger partial charge in [-0.3, -0.25) is 9.59 Å². The highest BCUT2D eigenvalue weighted by molar-refractivity contribution is 6.17. The van der Waals surface area contributed by atoms with E-state index in [-0.39, 0.29) is 11.4 Å². The Morgan fingerprint density at radius 2 is 1.58 bits per heavy atom. The highest BCUT2D eigenvalue weighted by atomic mass is 16.5. The molecule has 156 valence electrons. The summed E-state index contributed by atoms with van der Waals surface area (Å²) in [6.07, 6.45) is 0. The number of carbonyl (C=O) groups is 2. The molecule has 0 radical (unpaired) electrons. The number of para-hydroxylation sites is 2. The molecule has 0 spiro atoms. The first-order chi connectivity index (χ1) is 15.1. The maximum absolute atomic E-state index is 13.0. The van der Waals surface area contributed by atoms with Crippen molar-refractivity contribution in [2.75, 3.05) is 24.9 Å². The van der Waals surface area contributed by atoms with Crippen molar-refractivity contribution >= 4 is 34.2 Å². The fourth-order valence-corrected chi connectivity index (χ4v) is 3.23. The average Bonchev–Trinajstić information content (AvgIpc) is 3.17. The van der Waals surface area contributed by atoms with Crippen molar-refractivity contribution in [3.8, 4) is 11.5 Å². The maximum Gasteiger partial charge on any atom is 0.293 e. The van der Waals surface area contributed by atoms with E-state index in [2.05, 4.69) is 10.6 Å². The molecule has 0 saturated heterocycles. The van der Waals surface area contributed by atoms with Crippen molar-refractivity contribution in [3.63, 3.8) is 0 Å². The van der Waals surface area contributed by atoms with Crippen LogP contribution < -0.4 is 20.1 Å². The van der Waals surface area contributed by atoms with Crippen LogP contribution in [0.25, 0.3) is 11.0 Å². The second-order valence-electron chi connectivity index (χ2n) is 6.64. The lowest BCUT2D eigenvalue weighted by atomic mass is 10.1. The molecule has 3 aromatic carbocycles. The van der Waals surface area contributed by atoms with Gasteiger partial charge in [-0.2, -0.15) is 0 Å².